The normalized spacial score (nSPS) is 13.2. The summed E-state index contributed by atoms with van der Waals surface area (Å²) < 4.78 is 4.84. The SMILES string of the molecule is CCOC(=O)[C@H](C)CN(C)C. The molecule has 1 atom stereocenters. The van der Waals surface area contributed by atoms with Crippen molar-refractivity contribution in [3.8, 4) is 0 Å². The van der Waals surface area contributed by atoms with Gasteiger partial charge in [-0.25, -0.2) is 0 Å². The number of hydrogen-bond acceptors (Lipinski definition) is 3. The third-order valence-corrected chi connectivity index (χ3v) is 1.33. The van der Waals surface area contributed by atoms with E-state index in [0.717, 1.165) is 6.54 Å². The van der Waals surface area contributed by atoms with E-state index in [9.17, 15) is 4.79 Å². The van der Waals surface area contributed by atoms with Crippen LogP contribution in [0.5, 0.6) is 0 Å². The van der Waals surface area contributed by atoms with E-state index in [1.807, 2.05) is 32.8 Å². The highest BCUT2D eigenvalue weighted by Crippen LogP contribution is 1.99. The molecule has 3 nitrogen and oxygen atoms in total. The third kappa shape index (κ3) is 4.79. The fourth-order valence-electron chi connectivity index (χ4n) is 0.907. The lowest BCUT2D eigenvalue weighted by Gasteiger charge is -2.14. The van der Waals surface area contributed by atoms with Crippen molar-refractivity contribution < 1.29 is 9.53 Å². The molecule has 0 fully saturated rings. The van der Waals surface area contributed by atoms with Gasteiger partial charge in [0.15, 0.2) is 0 Å². The van der Waals surface area contributed by atoms with Crippen LogP contribution >= 0.6 is 0 Å². The molecule has 0 rings (SSSR count). The van der Waals surface area contributed by atoms with Crippen molar-refractivity contribution in [2.24, 2.45) is 5.92 Å². The van der Waals surface area contributed by atoms with Crippen LogP contribution in [0, 0.1) is 5.92 Å². The van der Waals surface area contributed by atoms with Crippen LogP contribution in [0.2, 0.25) is 0 Å². The fraction of sp³-hybridized carbons (Fsp3) is 0.875. The van der Waals surface area contributed by atoms with Gasteiger partial charge in [-0.1, -0.05) is 6.92 Å². The van der Waals surface area contributed by atoms with Crippen LogP contribution in [0.3, 0.4) is 0 Å². The zero-order valence-corrected chi connectivity index (χ0v) is 7.76. The van der Waals surface area contributed by atoms with E-state index in [4.69, 9.17) is 4.74 Å². The van der Waals surface area contributed by atoms with Gasteiger partial charge in [0.2, 0.25) is 0 Å². The Bertz CT molecular complexity index is 123. The van der Waals surface area contributed by atoms with Crippen molar-refractivity contribution in [1.82, 2.24) is 4.90 Å². The maximum Gasteiger partial charge on any atom is 0.309 e. The minimum Gasteiger partial charge on any atom is -0.466 e. The summed E-state index contributed by atoms with van der Waals surface area (Å²) in [7, 11) is 3.88. The number of carbonyl (C=O) groups is 1. The van der Waals surface area contributed by atoms with Crippen LogP contribution in [0.4, 0.5) is 0 Å². The molecule has 0 aliphatic carbocycles. The van der Waals surface area contributed by atoms with Crippen LogP contribution in [0.1, 0.15) is 13.8 Å². The Morgan fingerprint density at radius 2 is 2.09 bits per heavy atom. The Morgan fingerprint density at radius 1 is 1.55 bits per heavy atom. The average Bonchev–Trinajstić information content (AvgIpc) is 1.86. The van der Waals surface area contributed by atoms with E-state index < -0.39 is 0 Å². The number of hydrogen-bond donors (Lipinski definition) is 0. The second kappa shape index (κ2) is 5.13. The summed E-state index contributed by atoms with van der Waals surface area (Å²) in [5.41, 5.74) is 0. The maximum atomic E-state index is 11.0. The summed E-state index contributed by atoms with van der Waals surface area (Å²) in [5.74, 6) is -0.133. The summed E-state index contributed by atoms with van der Waals surface area (Å²) in [4.78, 5) is 13.0. The smallest absolute Gasteiger partial charge is 0.309 e. The highest BCUT2D eigenvalue weighted by atomic mass is 16.5. The van der Waals surface area contributed by atoms with Crippen LogP contribution in [-0.2, 0) is 9.53 Å². The van der Waals surface area contributed by atoms with Crippen LogP contribution in [-0.4, -0.2) is 38.1 Å². The maximum absolute atomic E-state index is 11.0. The molecule has 0 aliphatic heterocycles. The molecule has 0 aromatic carbocycles. The second-order valence-electron chi connectivity index (χ2n) is 2.92. The van der Waals surface area contributed by atoms with Crippen molar-refractivity contribution in [3.05, 3.63) is 0 Å². The average molecular weight is 159 g/mol. The Hall–Kier alpha value is -0.570. The van der Waals surface area contributed by atoms with Gasteiger partial charge in [-0.15, -0.1) is 0 Å². The quantitative estimate of drug-likeness (QED) is 0.567. The molecule has 0 amide bonds. The lowest BCUT2D eigenvalue weighted by molar-refractivity contribution is -0.147. The number of esters is 1. The minimum atomic E-state index is -0.110. The van der Waals surface area contributed by atoms with Crippen molar-refractivity contribution >= 4 is 5.97 Å². The topological polar surface area (TPSA) is 29.5 Å². The number of carbonyl (C=O) groups excluding carboxylic acids is 1. The van der Waals surface area contributed by atoms with Gasteiger partial charge >= 0.3 is 5.97 Å². The molecule has 0 saturated heterocycles. The van der Waals surface area contributed by atoms with Gasteiger partial charge < -0.3 is 9.64 Å². The molecule has 0 bridgehead atoms. The fourth-order valence-corrected chi connectivity index (χ4v) is 0.907. The molecule has 0 saturated carbocycles. The molecular formula is C8H17NO2. The molecule has 11 heavy (non-hydrogen) atoms. The highest BCUT2D eigenvalue weighted by molar-refractivity contribution is 5.72. The zero-order chi connectivity index (χ0) is 8.85. The summed E-state index contributed by atoms with van der Waals surface area (Å²) in [6.45, 7) is 4.91. The van der Waals surface area contributed by atoms with Gasteiger partial charge in [0.05, 0.1) is 12.5 Å². The second-order valence-corrected chi connectivity index (χ2v) is 2.92. The van der Waals surface area contributed by atoms with Gasteiger partial charge in [-0.05, 0) is 21.0 Å². The highest BCUT2D eigenvalue weighted by Gasteiger charge is 2.13. The van der Waals surface area contributed by atoms with Crippen molar-refractivity contribution in [3.63, 3.8) is 0 Å². The Morgan fingerprint density at radius 3 is 2.45 bits per heavy atom. The minimum absolute atomic E-state index is 0.0232. The predicted octanol–water partition coefficient (Wildman–Crippen LogP) is 0.747. The number of nitrogens with zero attached hydrogens (tertiary/aromatic N) is 1. The molecule has 0 unspecified atom stereocenters. The summed E-state index contributed by atoms with van der Waals surface area (Å²) in [5, 5.41) is 0. The first kappa shape index (κ1) is 10.4. The number of ether oxygens (including phenoxy) is 1. The predicted molar refractivity (Wildman–Crippen MR) is 44.4 cm³/mol. The lowest BCUT2D eigenvalue weighted by Crippen LogP contribution is -2.27. The monoisotopic (exact) mass is 159 g/mol. The Kier molecular flexibility index (Phi) is 4.86. The summed E-state index contributed by atoms with van der Waals surface area (Å²) in [6, 6.07) is 0. The van der Waals surface area contributed by atoms with Gasteiger partial charge in [-0.3, -0.25) is 4.79 Å². The first-order valence-electron chi connectivity index (χ1n) is 3.89. The summed E-state index contributed by atoms with van der Waals surface area (Å²) in [6.07, 6.45) is 0. The standard InChI is InChI=1S/C8H17NO2/c1-5-11-8(10)7(2)6-9(3)4/h7H,5-6H2,1-4H3/t7-/m1/s1. The molecule has 0 radical (unpaired) electrons. The Labute approximate surface area is 68.3 Å². The van der Waals surface area contributed by atoms with Crippen LogP contribution < -0.4 is 0 Å². The molecule has 0 aromatic heterocycles. The van der Waals surface area contributed by atoms with Gasteiger partial charge in [-0.2, -0.15) is 0 Å². The zero-order valence-electron chi connectivity index (χ0n) is 7.76. The van der Waals surface area contributed by atoms with E-state index in [2.05, 4.69) is 0 Å². The van der Waals surface area contributed by atoms with Crippen LogP contribution in [0.25, 0.3) is 0 Å². The molecule has 66 valence electrons. The van der Waals surface area contributed by atoms with Gasteiger partial charge in [0.25, 0.3) is 0 Å². The lowest BCUT2D eigenvalue weighted by atomic mass is 10.2. The van der Waals surface area contributed by atoms with Crippen molar-refractivity contribution in [2.45, 2.75) is 13.8 Å². The first-order chi connectivity index (χ1) is 5.07. The van der Waals surface area contributed by atoms with Crippen molar-refractivity contribution in [1.29, 1.82) is 0 Å². The molecule has 0 heterocycles. The molecule has 0 aromatic rings. The number of rotatable bonds is 4. The van der Waals surface area contributed by atoms with E-state index in [-0.39, 0.29) is 11.9 Å². The molecule has 0 N–H and O–H groups in total. The van der Waals surface area contributed by atoms with Gasteiger partial charge in [0, 0.05) is 6.54 Å². The molecule has 3 heteroatoms. The molecular weight excluding hydrogens is 142 g/mol. The van der Waals surface area contributed by atoms with Crippen molar-refractivity contribution in [2.75, 3.05) is 27.2 Å². The first-order valence-corrected chi connectivity index (χ1v) is 3.89. The molecule has 0 spiro atoms. The third-order valence-electron chi connectivity index (χ3n) is 1.33. The largest absolute Gasteiger partial charge is 0.466 e. The van der Waals surface area contributed by atoms with E-state index >= 15 is 0 Å². The van der Waals surface area contributed by atoms with Gasteiger partial charge in [0.1, 0.15) is 0 Å². The Balaban J connectivity index is 3.64. The van der Waals surface area contributed by atoms with E-state index in [1.165, 1.54) is 0 Å². The molecule has 0 aliphatic rings. The summed E-state index contributed by atoms with van der Waals surface area (Å²) >= 11 is 0. The van der Waals surface area contributed by atoms with Crippen LogP contribution in [0.15, 0.2) is 0 Å². The van der Waals surface area contributed by atoms with E-state index in [1.54, 1.807) is 0 Å². The van der Waals surface area contributed by atoms with E-state index in [0.29, 0.717) is 6.61 Å².